The van der Waals surface area contributed by atoms with Crippen LogP contribution in [0.3, 0.4) is 0 Å². The van der Waals surface area contributed by atoms with Gasteiger partial charge in [0.2, 0.25) is 0 Å². The van der Waals surface area contributed by atoms with Crippen molar-refractivity contribution in [1.82, 2.24) is 0 Å². The number of rotatable bonds is 6. The molecule has 2 atom stereocenters. The first-order valence-corrected chi connectivity index (χ1v) is 9.16. The lowest BCUT2D eigenvalue weighted by Gasteiger charge is -2.33. The summed E-state index contributed by atoms with van der Waals surface area (Å²) in [6.07, 6.45) is 8.88. The van der Waals surface area contributed by atoms with Gasteiger partial charge in [-0.2, -0.15) is 0 Å². The molecular weight excluding hydrogens is 284 g/mol. The summed E-state index contributed by atoms with van der Waals surface area (Å²) < 4.78 is 0. The lowest BCUT2D eigenvalue weighted by atomic mass is 9.71. The number of phenolic OH excluding ortho intramolecular Hbond substituents is 2. The van der Waals surface area contributed by atoms with Gasteiger partial charge in [0, 0.05) is 11.5 Å². The third-order valence-corrected chi connectivity index (χ3v) is 5.25. The number of hydrogen-bond acceptors (Lipinski definition) is 2. The summed E-state index contributed by atoms with van der Waals surface area (Å²) in [7, 11) is 0. The van der Waals surface area contributed by atoms with E-state index >= 15 is 0 Å². The molecule has 2 N–H and O–H groups in total. The van der Waals surface area contributed by atoms with Crippen LogP contribution in [0.5, 0.6) is 11.5 Å². The Morgan fingerprint density at radius 3 is 2.35 bits per heavy atom. The van der Waals surface area contributed by atoms with Gasteiger partial charge in [-0.05, 0) is 62.1 Å². The molecule has 2 nitrogen and oxygen atoms in total. The number of aromatic hydroxyl groups is 2. The first-order valence-electron chi connectivity index (χ1n) is 9.16. The van der Waals surface area contributed by atoms with Gasteiger partial charge in [-0.15, -0.1) is 0 Å². The van der Waals surface area contributed by atoms with E-state index in [1.165, 1.54) is 18.4 Å². The average Bonchev–Trinajstić information content (AvgIpc) is 2.46. The Hall–Kier alpha value is -1.44. The van der Waals surface area contributed by atoms with Crippen molar-refractivity contribution in [2.45, 2.75) is 72.1 Å². The lowest BCUT2D eigenvalue weighted by molar-refractivity contribution is 0.304. The van der Waals surface area contributed by atoms with Gasteiger partial charge in [0.05, 0.1) is 0 Å². The number of benzene rings is 1. The van der Waals surface area contributed by atoms with Gasteiger partial charge < -0.3 is 10.2 Å². The number of aryl methyl sites for hydroxylation is 1. The normalized spacial score (nSPS) is 21.5. The Bertz CT molecular complexity index is 534. The molecule has 0 fully saturated rings. The minimum atomic E-state index is 0.119. The Morgan fingerprint density at radius 1 is 1.13 bits per heavy atom. The Labute approximate surface area is 141 Å². The van der Waals surface area contributed by atoms with E-state index < -0.39 is 0 Å². The second-order valence-electron chi connectivity index (χ2n) is 7.49. The van der Waals surface area contributed by atoms with Crippen LogP contribution in [-0.2, 0) is 6.42 Å². The Balaban J connectivity index is 2.32. The number of hydrogen-bond donors (Lipinski definition) is 2. The second kappa shape index (κ2) is 7.90. The highest BCUT2D eigenvalue weighted by Gasteiger charge is 2.31. The van der Waals surface area contributed by atoms with Gasteiger partial charge in [-0.3, -0.25) is 0 Å². The van der Waals surface area contributed by atoms with Crippen molar-refractivity contribution in [3.63, 3.8) is 0 Å². The average molecular weight is 316 g/mol. The van der Waals surface area contributed by atoms with E-state index in [9.17, 15) is 10.2 Å². The molecule has 0 heterocycles. The summed E-state index contributed by atoms with van der Waals surface area (Å²) >= 11 is 0. The topological polar surface area (TPSA) is 40.5 Å². The van der Waals surface area contributed by atoms with E-state index in [1.807, 2.05) is 12.1 Å². The molecule has 1 aromatic carbocycles. The molecule has 0 aliphatic heterocycles. The van der Waals surface area contributed by atoms with Crippen molar-refractivity contribution in [1.29, 1.82) is 0 Å². The number of allylic oxidation sites excluding steroid dienone is 2. The van der Waals surface area contributed by atoms with Crippen molar-refractivity contribution in [3.05, 3.63) is 34.9 Å². The van der Waals surface area contributed by atoms with Gasteiger partial charge >= 0.3 is 0 Å². The second-order valence-corrected chi connectivity index (χ2v) is 7.49. The molecule has 0 bridgehead atoms. The van der Waals surface area contributed by atoms with Crippen LogP contribution in [-0.4, -0.2) is 10.2 Å². The van der Waals surface area contributed by atoms with Crippen LogP contribution < -0.4 is 0 Å². The predicted molar refractivity (Wildman–Crippen MR) is 97.1 cm³/mol. The fourth-order valence-electron chi connectivity index (χ4n) is 3.88. The number of unbranched alkanes of at least 4 members (excludes halogenated alkanes) is 2. The monoisotopic (exact) mass is 316 g/mol. The Morgan fingerprint density at radius 2 is 1.78 bits per heavy atom. The summed E-state index contributed by atoms with van der Waals surface area (Å²) in [4.78, 5) is 0. The zero-order chi connectivity index (χ0) is 17.0. The van der Waals surface area contributed by atoms with Crippen LogP contribution in [0.2, 0.25) is 0 Å². The number of phenols is 2. The first kappa shape index (κ1) is 17.9. The van der Waals surface area contributed by atoms with Crippen LogP contribution in [0, 0.1) is 11.8 Å². The van der Waals surface area contributed by atoms with Crippen molar-refractivity contribution in [2.24, 2.45) is 11.8 Å². The largest absolute Gasteiger partial charge is 0.507 e. The smallest absolute Gasteiger partial charge is 0.123 e. The molecular formula is C21H32O2. The van der Waals surface area contributed by atoms with Crippen LogP contribution in [0.25, 0.3) is 0 Å². The van der Waals surface area contributed by atoms with E-state index in [0.717, 1.165) is 36.8 Å². The minimum absolute atomic E-state index is 0.119. The van der Waals surface area contributed by atoms with Crippen LogP contribution >= 0.6 is 0 Å². The van der Waals surface area contributed by atoms with Crippen LogP contribution in [0.15, 0.2) is 23.8 Å². The molecule has 0 radical (unpaired) electrons. The molecule has 2 rings (SSSR count). The van der Waals surface area contributed by atoms with E-state index in [4.69, 9.17) is 0 Å². The summed E-state index contributed by atoms with van der Waals surface area (Å²) in [6, 6.07) is 3.72. The first-order chi connectivity index (χ1) is 10.9. The minimum Gasteiger partial charge on any atom is -0.507 e. The maximum absolute atomic E-state index is 10.6. The lowest BCUT2D eigenvalue weighted by Crippen LogP contribution is -2.21. The quantitative estimate of drug-likeness (QED) is 0.504. The maximum Gasteiger partial charge on any atom is 0.123 e. The summed E-state index contributed by atoms with van der Waals surface area (Å²) in [5, 5.41) is 21.2. The molecule has 0 amide bonds. The molecule has 1 aromatic rings. The fourth-order valence-corrected chi connectivity index (χ4v) is 3.88. The van der Waals surface area contributed by atoms with E-state index in [2.05, 4.69) is 33.8 Å². The van der Waals surface area contributed by atoms with Gasteiger partial charge in [0.15, 0.2) is 0 Å². The molecule has 0 saturated carbocycles. The van der Waals surface area contributed by atoms with Crippen molar-refractivity contribution in [3.8, 4) is 11.5 Å². The van der Waals surface area contributed by atoms with Gasteiger partial charge in [0.25, 0.3) is 0 Å². The van der Waals surface area contributed by atoms with E-state index in [1.54, 1.807) is 0 Å². The Kier molecular flexibility index (Phi) is 6.15. The summed E-state index contributed by atoms with van der Waals surface area (Å²) in [5.41, 5.74) is 3.12. The molecule has 23 heavy (non-hydrogen) atoms. The molecule has 0 aromatic heterocycles. The fraction of sp³-hybridized carbons (Fsp3) is 0.619. The van der Waals surface area contributed by atoms with Crippen molar-refractivity contribution < 1.29 is 10.2 Å². The van der Waals surface area contributed by atoms with Gasteiger partial charge in [-0.1, -0.05) is 45.3 Å². The van der Waals surface area contributed by atoms with Crippen LogP contribution in [0.1, 0.15) is 76.8 Å². The highest BCUT2D eigenvalue weighted by molar-refractivity contribution is 5.51. The third kappa shape index (κ3) is 4.31. The third-order valence-electron chi connectivity index (χ3n) is 5.25. The standard InChI is InChI=1S/C21H32O2/c1-5-6-7-8-16-12-19(22)21(20(23)13-16)18-11-15(4)9-10-17(18)14(2)3/h11-14,17-18,22-23H,5-10H2,1-4H3/t17?,18-/m1/s1. The van der Waals surface area contributed by atoms with E-state index in [0.29, 0.717) is 11.8 Å². The maximum atomic E-state index is 10.6. The molecule has 1 unspecified atom stereocenters. The molecule has 2 heteroatoms. The van der Waals surface area contributed by atoms with Crippen molar-refractivity contribution >= 4 is 0 Å². The predicted octanol–water partition coefficient (Wildman–Crippen LogP) is 5.93. The molecule has 1 aliphatic carbocycles. The molecule has 1 aliphatic rings. The zero-order valence-corrected chi connectivity index (χ0v) is 15.1. The highest BCUT2D eigenvalue weighted by atomic mass is 16.3. The summed E-state index contributed by atoms with van der Waals surface area (Å²) in [5.74, 6) is 1.65. The molecule has 0 spiro atoms. The highest BCUT2D eigenvalue weighted by Crippen LogP contribution is 2.46. The zero-order valence-electron chi connectivity index (χ0n) is 15.1. The molecule has 128 valence electrons. The SMILES string of the molecule is CCCCCc1cc(O)c([C@@H]2C=C(C)CCC2C(C)C)c(O)c1. The van der Waals surface area contributed by atoms with E-state index in [-0.39, 0.29) is 17.4 Å². The van der Waals surface area contributed by atoms with Gasteiger partial charge in [0.1, 0.15) is 11.5 Å². The van der Waals surface area contributed by atoms with Crippen LogP contribution in [0.4, 0.5) is 0 Å². The summed E-state index contributed by atoms with van der Waals surface area (Å²) in [6.45, 7) is 8.80. The molecule has 0 saturated heterocycles. The van der Waals surface area contributed by atoms with Crippen molar-refractivity contribution in [2.75, 3.05) is 0 Å². The van der Waals surface area contributed by atoms with Gasteiger partial charge in [-0.25, -0.2) is 0 Å².